The van der Waals surface area contributed by atoms with Crippen molar-refractivity contribution < 1.29 is 34.7 Å². The van der Waals surface area contributed by atoms with Crippen LogP contribution in [0.5, 0.6) is 28.7 Å². The zero-order valence-corrected chi connectivity index (χ0v) is 18.3. The van der Waals surface area contributed by atoms with Crippen LogP contribution in [0.2, 0.25) is 0 Å². The van der Waals surface area contributed by atoms with E-state index < -0.39 is 23.6 Å². The molecule has 0 bridgehead atoms. The first kappa shape index (κ1) is 21.8. The van der Waals surface area contributed by atoms with E-state index in [1.54, 1.807) is 12.2 Å². The Balaban J connectivity index is 1.95. The number of ketones is 1. The molecule has 0 radical (unpaired) electrons. The smallest absolute Gasteiger partial charge is 0.202 e. The lowest BCUT2D eigenvalue weighted by Gasteiger charge is -2.36. The number of benzene rings is 2. The third-order valence-electron chi connectivity index (χ3n) is 5.61. The lowest BCUT2D eigenvalue weighted by Crippen LogP contribution is -2.37. The van der Waals surface area contributed by atoms with Crippen molar-refractivity contribution in [2.45, 2.75) is 51.9 Å². The summed E-state index contributed by atoms with van der Waals surface area (Å²) in [5.74, 6) is -1.01. The number of phenolic OH excluding ortho intramolecular Hbond substituents is 3. The summed E-state index contributed by atoms with van der Waals surface area (Å²) >= 11 is 0. The molecule has 32 heavy (non-hydrogen) atoms. The summed E-state index contributed by atoms with van der Waals surface area (Å²) in [7, 11) is 0. The van der Waals surface area contributed by atoms with Gasteiger partial charge in [-0.15, -0.1) is 0 Å². The van der Waals surface area contributed by atoms with Crippen LogP contribution in [0.15, 0.2) is 35.9 Å². The monoisotopic (exact) mass is 438 g/mol. The molecule has 2 atom stereocenters. The quantitative estimate of drug-likeness (QED) is 0.531. The molecule has 0 spiro atoms. The lowest BCUT2D eigenvalue weighted by atomic mass is 9.86. The molecule has 2 aliphatic rings. The van der Waals surface area contributed by atoms with Gasteiger partial charge in [0.1, 0.15) is 39.9 Å². The second kappa shape index (κ2) is 7.60. The van der Waals surface area contributed by atoms with E-state index >= 15 is 0 Å². The second-order valence-corrected chi connectivity index (χ2v) is 8.89. The Morgan fingerprint density at radius 1 is 1.16 bits per heavy atom. The summed E-state index contributed by atoms with van der Waals surface area (Å²) in [5.41, 5.74) is 1.35. The summed E-state index contributed by atoms with van der Waals surface area (Å²) in [6.45, 7) is 7.63. The van der Waals surface area contributed by atoms with Crippen molar-refractivity contribution in [2.24, 2.45) is 0 Å². The third kappa shape index (κ3) is 3.58. The number of allylic oxidation sites excluding steroid dienone is 2. The molecule has 2 aromatic rings. The molecular weight excluding hydrogens is 412 g/mol. The third-order valence-corrected chi connectivity index (χ3v) is 5.61. The number of carbonyl (C=O) groups excluding carboxylic acids is 1. The van der Waals surface area contributed by atoms with Gasteiger partial charge in [0.2, 0.25) is 5.78 Å². The zero-order valence-electron chi connectivity index (χ0n) is 18.3. The Hall–Kier alpha value is -3.45. The van der Waals surface area contributed by atoms with Gasteiger partial charge in [-0.1, -0.05) is 11.6 Å². The largest absolute Gasteiger partial charge is 0.508 e. The van der Waals surface area contributed by atoms with Crippen LogP contribution in [-0.2, 0) is 6.42 Å². The molecule has 2 aliphatic heterocycles. The molecule has 0 aromatic heterocycles. The topological polar surface area (TPSA) is 116 Å². The maximum absolute atomic E-state index is 13.2. The van der Waals surface area contributed by atoms with Crippen molar-refractivity contribution in [3.05, 3.63) is 58.2 Å². The van der Waals surface area contributed by atoms with Gasteiger partial charge in [-0.3, -0.25) is 4.79 Å². The Labute approximate surface area is 185 Å². The molecule has 0 fully saturated rings. The van der Waals surface area contributed by atoms with Crippen LogP contribution in [0.3, 0.4) is 0 Å². The SMILES string of the molecule is CC(C)=CCc1c2c(c(O)c3c1OC(c1ccc(O)cc1O)C(O)C3=O)C=CC(C)(C)O2. The van der Waals surface area contributed by atoms with Crippen molar-refractivity contribution >= 4 is 11.9 Å². The highest BCUT2D eigenvalue weighted by molar-refractivity contribution is 6.07. The fourth-order valence-corrected chi connectivity index (χ4v) is 3.95. The van der Waals surface area contributed by atoms with Crippen LogP contribution in [0.4, 0.5) is 0 Å². The standard InChI is InChI=1S/C25H26O7/c1-12(2)5-7-16-22-15(9-10-25(3,4)32-22)19(28)18-20(29)21(30)24(31-23(16)18)14-8-6-13(26)11-17(14)27/h5-6,8-11,21,24,26-28,30H,7H2,1-4H3. The van der Waals surface area contributed by atoms with Gasteiger partial charge >= 0.3 is 0 Å². The summed E-state index contributed by atoms with van der Waals surface area (Å²) in [5, 5.41) is 41.6. The molecule has 4 rings (SSSR count). The molecule has 168 valence electrons. The van der Waals surface area contributed by atoms with E-state index in [0.29, 0.717) is 23.3 Å². The molecule has 4 N–H and O–H groups in total. The number of carbonyl (C=O) groups is 1. The first-order valence-electron chi connectivity index (χ1n) is 10.3. The van der Waals surface area contributed by atoms with Crippen LogP contribution in [-0.4, -0.2) is 37.9 Å². The molecular formula is C25H26O7. The second-order valence-electron chi connectivity index (χ2n) is 8.89. The minimum atomic E-state index is -1.66. The zero-order chi connectivity index (χ0) is 23.4. The molecule has 7 nitrogen and oxygen atoms in total. The average molecular weight is 438 g/mol. The van der Waals surface area contributed by atoms with E-state index in [1.165, 1.54) is 12.1 Å². The van der Waals surface area contributed by atoms with E-state index in [2.05, 4.69) is 0 Å². The van der Waals surface area contributed by atoms with Gasteiger partial charge in [0.25, 0.3) is 0 Å². The lowest BCUT2D eigenvalue weighted by molar-refractivity contribution is 0.0196. The highest BCUT2D eigenvalue weighted by Crippen LogP contribution is 2.52. The Kier molecular flexibility index (Phi) is 5.17. The van der Waals surface area contributed by atoms with Gasteiger partial charge in [0, 0.05) is 17.2 Å². The van der Waals surface area contributed by atoms with Gasteiger partial charge in [0.15, 0.2) is 12.2 Å². The van der Waals surface area contributed by atoms with Crippen molar-refractivity contribution in [3.63, 3.8) is 0 Å². The predicted octanol–water partition coefficient (Wildman–Crippen LogP) is 4.17. The molecule has 2 heterocycles. The van der Waals surface area contributed by atoms with E-state index in [1.807, 2.05) is 33.8 Å². The van der Waals surface area contributed by atoms with Gasteiger partial charge in [0.05, 0.1) is 5.56 Å². The summed E-state index contributed by atoms with van der Waals surface area (Å²) < 4.78 is 12.3. The predicted molar refractivity (Wildman–Crippen MR) is 118 cm³/mol. The van der Waals surface area contributed by atoms with Crippen molar-refractivity contribution in [2.75, 3.05) is 0 Å². The number of aliphatic hydroxyl groups excluding tert-OH is 1. The van der Waals surface area contributed by atoms with Crippen LogP contribution >= 0.6 is 0 Å². The number of Topliss-reactive ketones (excluding diaryl/α,β-unsaturated/α-hetero) is 1. The number of fused-ring (bicyclic) bond motifs is 2. The highest BCUT2D eigenvalue weighted by atomic mass is 16.5. The maximum atomic E-state index is 13.2. The van der Waals surface area contributed by atoms with Crippen molar-refractivity contribution in [1.82, 2.24) is 0 Å². The summed E-state index contributed by atoms with van der Waals surface area (Å²) in [6, 6.07) is 3.82. The normalized spacial score (nSPS) is 20.6. The Bertz CT molecular complexity index is 1170. The number of aliphatic hydroxyl groups is 1. The van der Waals surface area contributed by atoms with Crippen LogP contribution in [0.1, 0.15) is 60.8 Å². The molecule has 0 saturated carbocycles. The first-order chi connectivity index (χ1) is 15.0. The average Bonchev–Trinajstić information content (AvgIpc) is 2.69. The first-order valence-corrected chi connectivity index (χ1v) is 10.3. The highest BCUT2D eigenvalue weighted by Gasteiger charge is 2.43. The van der Waals surface area contributed by atoms with E-state index in [0.717, 1.165) is 11.6 Å². The van der Waals surface area contributed by atoms with E-state index in [-0.39, 0.29) is 34.1 Å². The van der Waals surface area contributed by atoms with Gasteiger partial charge in [-0.05, 0) is 58.4 Å². The molecule has 0 aliphatic carbocycles. The fourth-order valence-electron chi connectivity index (χ4n) is 3.95. The number of ether oxygens (including phenoxy) is 2. The van der Waals surface area contributed by atoms with Crippen molar-refractivity contribution in [3.8, 4) is 28.7 Å². The number of rotatable bonds is 3. The van der Waals surface area contributed by atoms with Crippen LogP contribution < -0.4 is 9.47 Å². The number of phenols is 3. The maximum Gasteiger partial charge on any atom is 0.202 e. The molecule has 0 saturated heterocycles. The molecule has 2 unspecified atom stereocenters. The molecule has 2 aromatic carbocycles. The summed E-state index contributed by atoms with van der Waals surface area (Å²) in [4.78, 5) is 13.2. The number of aromatic hydroxyl groups is 3. The Morgan fingerprint density at radius 3 is 2.53 bits per heavy atom. The molecule has 7 heteroatoms. The van der Waals surface area contributed by atoms with Gasteiger partial charge in [-0.25, -0.2) is 0 Å². The van der Waals surface area contributed by atoms with Gasteiger partial charge < -0.3 is 29.9 Å². The van der Waals surface area contributed by atoms with Crippen molar-refractivity contribution in [1.29, 1.82) is 0 Å². The fraction of sp³-hybridized carbons (Fsp3) is 0.320. The Morgan fingerprint density at radius 2 is 1.88 bits per heavy atom. The minimum Gasteiger partial charge on any atom is -0.508 e. The van der Waals surface area contributed by atoms with Crippen LogP contribution in [0.25, 0.3) is 6.08 Å². The van der Waals surface area contributed by atoms with Gasteiger partial charge in [-0.2, -0.15) is 0 Å². The van der Waals surface area contributed by atoms with E-state index in [9.17, 15) is 25.2 Å². The van der Waals surface area contributed by atoms with E-state index in [4.69, 9.17) is 9.47 Å². The summed E-state index contributed by atoms with van der Waals surface area (Å²) in [6.07, 6.45) is 2.92. The number of hydrogen-bond acceptors (Lipinski definition) is 7. The number of hydrogen-bond donors (Lipinski definition) is 4. The van der Waals surface area contributed by atoms with Crippen LogP contribution in [0, 0.1) is 0 Å². The molecule has 0 amide bonds. The minimum absolute atomic E-state index is 0.109.